The van der Waals surface area contributed by atoms with Crippen molar-refractivity contribution >= 4 is 22.6 Å². The number of rotatable bonds is 5. The summed E-state index contributed by atoms with van der Waals surface area (Å²) in [6.07, 6.45) is 1.67. The van der Waals surface area contributed by atoms with Gasteiger partial charge < -0.3 is 15.0 Å². The Hall–Kier alpha value is -2.44. The van der Waals surface area contributed by atoms with Crippen LogP contribution in [0, 0.1) is 5.92 Å². The Morgan fingerprint density at radius 1 is 1.06 bits per heavy atom. The summed E-state index contributed by atoms with van der Waals surface area (Å²) in [6, 6.07) is 13.8. The molecule has 4 rings (SSSR count). The van der Waals surface area contributed by atoms with Crippen molar-refractivity contribution < 1.29 is 14.3 Å². The van der Waals surface area contributed by atoms with Crippen LogP contribution in [0.4, 0.5) is 0 Å². The van der Waals surface area contributed by atoms with E-state index >= 15 is 0 Å². The van der Waals surface area contributed by atoms with Crippen molar-refractivity contribution in [3.8, 4) is 0 Å². The Balaban J connectivity index is 1.38. The molecule has 31 heavy (non-hydrogen) atoms. The molecule has 166 valence electrons. The van der Waals surface area contributed by atoms with E-state index in [9.17, 15) is 9.59 Å². The highest BCUT2D eigenvalue weighted by Gasteiger charge is 2.32. The molecular weight excluding hydrogens is 390 g/mol. The van der Waals surface area contributed by atoms with Crippen LogP contribution in [-0.2, 0) is 9.53 Å². The van der Waals surface area contributed by atoms with E-state index < -0.39 is 0 Å². The molecule has 1 unspecified atom stereocenters. The van der Waals surface area contributed by atoms with E-state index in [1.54, 1.807) is 0 Å². The van der Waals surface area contributed by atoms with Crippen LogP contribution in [0.2, 0.25) is 0 Å². The predicted octanol–water partition coefficient (Wildman–Crippen LogP) is 2.92. The third kappa shape index (κ3) is 4.91. The van der Waals surface area contributed by atoms with Gasteiger partial charge in [0.1, 0.15) is 0 Å². The number of amides is 2. The second kappa shape index (κ2) is 9.37. The number of nitrogens with one attached hydrogen (secondary N) is 1. The number of morpholine rings is 1. The lowest BCUT2D eigenvalue weighted by atomic mass is 9.95. The molecule has 2 amide bonds. The van der Waals surface area contributed by atoms with Crippen molar-refractivity contribution in [2.24, 2.45) is 5.92 Å². The molecule has 6 heteroatoms. The fourth-order valence-electron chi connectivity index (χ4n) is 4.69. The van der Waals surface area contributed by atoms with Gasteiger partial charge in [0.15, 0.2) is 0 Å². The summed E-state index contributed by atoms with van der Waals surface area (Å²) in [4.78, 5) is 30.5. The highest BCUT2D eigenvalue weighted by atomic mass is 16.5. The van der Waals surface area contributed by atoms with Crippen LogP contribution in [0.15, 0.2) is 42.5 Å². The first-order chi connectivity index (χ1) is 15.0. The minimum Gasteiger partial charge on any atom is -0.379 e. The predicted molar refractivity (Wildman–Crippen MR) is 122 cm³/mol. The van der Waals surface area contributed by atoms with E-state index in [4.69, 9.17) is 4.74 Å². The molecule has 1 N–H and O–H groups in total. The number of carbonyl (C=O) groups is 2. The lowest BCUT2D eigenvalue weighted by molar-refractivity contribution is -0.127. The van der Waals surface area contributed by atoms with Crippen molar-refractivity contribution in [2.45, 2.75) is 32.2 Å². The number of hydrogen-bond donors (Lipinski definition) is 1. The molecule has 0 aromatic heterocycles. The number of piperidine rings is 1. The third-order valence-electron chi connectivity index (χ3n) is 6.66. The minimum atomic E-state index is -0.159. The number of nitrogens with zero attached hydrogens (tertiary/aromatic N) is 2. The molecule has 0 saturated carbocycles. The van der Waals surface area contributed by atoms with Gasteiger partial charge >= 0.3 is 0 Å². The molecule has 0 bridgehead atoms. The second-order valence-corrected chi connectivity index (χ2v) is 9.25. The first-order valence-electron chi connectivity index (χ1n) is 11.3. The summed E-state index contributed by atoms with van der Waals surface area (Å²) in [5.74, 6) is -0.0899. The zero-order chi connectivity index (χ0) is 21.8. The van der Waals surface area contributed by atoms with Gasteiger partial charge in [0.05, 0.1) is 19.1 Å². The van der Waals surface area contributed by atoms with E-state index in [0.29, 0.717) is 25.2 Å². The third-order valence-corrected chi connectivity index (χ3v) is 6.66. The number of benzene rings is 2. The molecule has 2 aliphatic heterocycles. The van der Waals surface area contributed by atoms with Crippen LogP contribution in [-0.4, -0.2) is 73.1 Å². The first-order valence-corrected chi connectivity index (χ1v) is 11.3. The van der Waals surface area contributed by atoms with Crippen LogP contribution in [0.1, 0.15) is 37.0 Å². The van der Waals surface area contributed by atoms with Crippen LogP contribution in [0.3, 0.4) is 0 Å². The molecule has 2 aromatic carbocycles. The second-order valence-electron chi connectivity index (χ2n) is 9.25. The van der Waals surface area contributed by atoms with Crippen molar-refractivity contribution in [3.63, 3.8) is 0 Å². The molecular formula is C25H33N3O3. The van der Waals surface area contributed by atoms with Gasteiger partial charge in [0, 0.05) is 43.8 Å². The van der Waals surface area contributed by atoms with Crippen molar-refractivity contribution in [2.75, 3.05) is 45.9 Å². The summed E-state index contributed by atoms with van der Waals surface area (Å²) in [6.45, 7) is 9.36. The van der Waals surface area contributed by atoms with Crippen molar-refractivity contribution in [1.29, 1.82) is 0 Å². The number of fused-ring (bicyclic) bond motifs is 1. The van der Waals surface area contributed by atoms with E-state index in [-0.39, 0.29) is 23.3 Å². The molecule has 0 spiro atoms. The van der Waals surface area contributed by atoms with E-state index in [1.165, 1.54) is 0 Å². The Kier molecular flexibility index (Phi) is 6.58. The SMILES string of the molecule is CC(C)(CNC(=O)C1CCCN(C(=O)c2cccc3ccccc23)C1)N1CCOCC1. The number of likely N-dealkylation sites (tertiary alicyclic amines) is 1. The van der Waals surface area contributed by atoms with E-state index in [2.05, 4.69) is 24.1 Å². The van der Waals surface area contributed by atoms with Gasteiger partial charge in [-0.15, -0.1) is 0 Å². The standard InChI is InChI=1S/C25H33N3O3/c1-25(2,28-13-15-31-16-14-28)18-26-23(29)20-9-6-12-27(17-20)24(30)22-11-5-8-19-7-3-4-10-21(19)22/h3-5,7-8,10-11,20H,6,9,12-18H2,1-2H3,(H,26,29). The fraction of sp³-hybridized carbons (Fsp3) is 0.520. The lowest BCUT2D eigenvalue weighted by Crippen LogP contribution is -2.56. The molecule has 2 aliphatic rings. The summed E-state index contributed by atoms with van der Waals surface area (Å²) < 4.78 is 5.45. The Labute approximate surface area is 184 Å². The van der Waals surface area contributed by atoms with Crippen LogP contribution >= 0.6 is 0 Å². The largest absolute Gasteiger partial charge is 0.379 e. The zero-order valence-electron chi connectivity index (χ0n) is 18.6. The van der Waals surface area contributed by atoms with Crippen molar-refractivity contribution in [1.82, 2.24) is 15.1 Å². The number of hydrogen-bond acceptors (Lipinski definition) is 4. The highest BCUT2D eigenvalue weighted by Crippen LogP contribution is 2.24. The van der Waals surface area contributed by atoms with Crippen LogP contribution < -0.4 is 5.32 Å². The maximum Gasteiger partial charge on any atom is 0.254 e. The molecule has 6 nitrogen and oxygen atoms in total. The molecule has 2 heterocycles. The highest BCUT2D eigenvalue weighted by molar-refractivity contribution is 6.07. The molecule has 2 fully saturated rings. The first kappa shape index (κ1) is 21.8. The van der Waals surface area contributed by atoms with E-state index in [0.717, 1.165) is 49.9 Å². The number of carbonyl (C=O) groups excluding carboxylic acids is 2. The average Bonchev–Trinajstić information content (AvgIpc) is 2.82. The Morgan fingerprint density at radius 2 is 1.81 bits per heavy atom. The molecule has 0 radical (unpaired) electrons. The summed E-state index contributed by atoms with van der Waals surface area (Å²) in [7, 11) is 0. The van der Waals surface area contributed by atoms with Crippen LogP contribution in [0.25, 0.3) is 10.8 Å². The van der Waals surface area contributed by atoms with Gasteiger partial charge in [-0.1, -0.05) is 36.4 Å². The van der Waals surface area contributed by atoms with Gasteiger partial charge in [-0.25, -0.2) is 0 Å². The summed E-state index contributed by atoms with van der Waals surface area (Å²) in [5, 5.41) is 5.19. The number of ether oxygens (including phenoxy) is 1. The van der Waals surface area contributed by atoms with Crippen LogP contribution in [0.5, 0.6) is 0 Å². The smallest absolute Gasteiger partial charge is 0.254 e. The fourth-order valence-corrected chi connectivity index (χ4v) is 4.69. The molecule has 0 aliphatic carbocycles. The summed E-state index contributed by atoms with van der Waals surface area (Å²) in [5.41, 5.74) is 0.597. The molecule has 1 atom stereocenters. The minimum absolute atomic E-state index is 0.0166. The van der Waals surface area contributed by atoms with Gasteiger partial charge in [0.2, 0.25) is 5.91 Å². The normalized spacial score (nSPS) is 20.6. The quantitative estimate of drug-likeness (QED) is 0.803. The monoisotopic (exact) mass is 423 g/mol. The molecule has 2 aromatic rings. The average molecular weight is 424 g/mol. The van der Waals surface area contributed by atoms with E-state index in [1.807, 2.05) is 47.4 Å². The Bertz CT molecular complexity index is 931. The lowest BCUT2D eigenvalue weighted by Gasteiger charge is -2.41. The zero-order valence-corrected chi connectivity index (χ0v) is 18.6. The van der Waals surface area contributed by atoms with Gasteiger partial charge in [0.25, 0.3) is 5.91 Å². The van der Waals surface area contributed by atoms with Gasteiger partial charge in [-0.05, 0) is 43.5 Å². The van der Waals surface area contributed by atoms with Gasteiger partial charge in [-0.2, -0.15) is 0 Å². The maximum absolute atomic E-state index is 13.3. The Morgan fingerprint density at radius 3 is 2.61 bits per heavy atom. The van der Waals surface area contributed by atoms with Crippen molar-refractivity contribution in [3.05, 3.63) is 48.0 Å². The van der Waals surface area contributed by atoms with Gasteiger partial charge in [-0.3, -0.25) is 14.5 Å². The maximum atomic E-state index is 13.3. The topological polar surface area (TPSA) is 61.9 Å². The summed E-state index contributed by atoms with van der Waals surface area (Å²) >= 11 is 0. The molecule has 2 saturated heterocycles.